The van der Waals surface area contributed by atoms with Crippen molar-refractivity contribution in [1.29, 1.82) is 0 Å². The summed E-state index contributed by atoms with van der Waals surface area (Å²) in [6.07, 6.45) is 0. The van der Waals surface area contributed by atoms with Gasteiger partial charge in [-0.15, -0.1) is 0 Å². The smallest absolute Gasteiger partial charge is 0.325 e. The highest BCUT2D eigenvalue weighted by Gasteiger charge is 2.49. The number of hydrogen-bond acceptors (Lipinski definition) is 6. The summed E-state index contributed by atoms with van der Waals surface area (Å²) >= 11 is 0. The van der Waals surface area contributed by atoms with Gasteiger partial charge in [0.15, 0.2) is 11.5 Å². The number of ether oxygens (including phenoxy) is 2. The lowest BCUT2D eigenvalue weighted by molar-refractivity contribution is -0.133. The van der Waals surface area contributed by atoms with Gasteiger partial charge in [-0.3, -0.25) is 14.5 Å². The molecule has 2 aliphatic rings. The lowest BCUT2D eigenvalue weighted by atomic mass is 9.91. The third-order valence-electron chi connectivity index (χ3n) is 5.80. The largest absolute Gasteiger partial charge is 0.486 e. The van der Waals surface area contributed by atoms with E-state index < -0.39 is 29.9 Å². The molecule has 1 fully saturated rings. The number of nitrogens with one attached hydrogen (secondary N) is 2. The Labute approximate surface area is 195 Å². The van der Waals surface area contributed by atoms with Crippen LogP contribution in [0.2, 0.25) is 0 Å². The standard InChI is InChI=1S/C24H23N5O5/c1-15-12-20(29(27-15)17-6-4-3-5-7-17)25-21(30)14-28-22(31)24(2,26-23(28)32)16-8-9-18-19(13-16)34-11-10-33-18/h3-9,12-13H,10-11,14H2,1-2H3,(H,25,30)(H,26,32). The summed E-state index contributed by atoms with van der Waals surface area (Å²) in [5.74, 6) is 0.476. The van der Waals surface area contributed by atoms with Gasteiger partial charge < -0.3 is 20.1 Å². The van der Waals surface area contributed by atoms with Crippen molar-refractivity contribution in [3.8, 4) is 17.2 Å². The van der Waals surface area contributed by atoms with Crippen LogP contribution in [0, 0.1) is 6.92 Å². The van der Waals surface area contributed by atoms with Crippen LogP contribution in [0.4, 0.5) is 10.6 Å². The number of aromatic nitrogens is 2. The molecule has 4 amide bonds. The van der Waals surface area contributed by atoms with Crippen molar-refractivity contribution in [2.45, 2.75) is 19.4 Å². The molecule has 5 rings (SSSR count). The zero-order valence-corrected chi connectivity index (χ0v) is 18.7. The second-order valence-electron chi connectivity index (χ2n) is 8.27. The van der Waals surface area contributed by atoms with Crippen molar-refractivity contribution in [2.75, 3.05) is 25.1 Å². The number of anilines is 1. The van der Waals surface area contributed by atoms with Crippen molar-refractivity contribution >= 4 is 23.7 Å². The fourth-order valence-electron chi connectivity index (χ4n) is 4.07. The molecule has 34 heavy (non-hydrogen) atoms. The molecule has 0 spiro atoms. The van der Waals surface area contributed by atoms with Crippen molar-refractivity contribution < 1.29 is 23.9 Å². The molecule has 2 aromatic carbocycles. The van der Waals surface area contributed by atoms with E-state index in [2.05, 4.69) is 15.7 Å². The molecule has 0 bridgehead atoms. The lowest BCUT2D eigenvalue weighted by Crippen LogP contribution is -2.42. The second kappa shape index (κ2) is 8.22. The van der Waals surface area contributed by atoms with Gasteiger partial charge in [0.05, 0.1) is 11.4 Å². The normalized spacial score (nSPS) is 19.2. The SMILES string of the molecule is Cc1cc(NC(=O)CN2C(=O)NC(C)(c3ccc4c(c3)OCCO4)C2=O)n(-c2ccccc2)n1. The van der Waals surface area contributed by atoms with Crippen molar-refractivity contribution in [2.24, 2.45) is 0 Å². The monoisotopic (exact) mass is 461 g/mol. The van der Waals surface area contributed by atoms with Crippen LogP contribution >= 0.6 is 0 Å². The molecule has 2 aliphatic heterocycles. The molecule has 1 saturated heterocycles. The Morgan fingerprint density at radius 2 is 1.82 bits per heavy atom. The second-order valence-corrected chi connectivity index (χ2v) is 8.27. The lowest BCUT2D eigenvalue weighted by Gasteiger charge is -2.25. The number of benzene rings is 2. The Hall–Kier alpha value is -4.34. The van der Waals surface area contributed by atoms with E-state index in [4.69, 9.17) is 9.47 Å². The highest BCUT2D eigenvalue weighted by molar-refractivity contribution is 6.10. The number of carbonyl (C=O) groups is 3. The Morgan fingerprint density at radius 1 is 1.09 bits per heavy atom. The molecular formula is C24H23N5O5. The fraction of sp³-hybridized carbons (Fsp3) is 0.250. The first-order valence-corrected chi connectivity index (χ1v) is 10.8. The molecule has 2 N–H and O–H groups in total. The number of carbonyl (C=O) groups excluding carboxylic acids is 3. The predicted octanol–water partition coefficient (Wildman–Crippen LogP) is 2.36. The first-order valence-electron chi connectivity index (χ1n) is 10.8. The molecule has 0 aliphatic carbocycles. The van der Waals surface area contributed by atoms with Crippen LogP contribution in [0.1, 0.15) is 18.2 Å². The van der Waals surface area contributed by atoms with Gasteiger partial charge in [0.1, 0.15) is 31.1 Å². The van der Waals surface area contributed by atoms with E-state index in [1.165, 1.54) is 0 Å². The predicted molar refractivity (Wildman–Crippen MR) is 122 cm³/mol. The van der Waals surface area contributed by atoms with Crippen LogP contribution in [0.15, 0.2) is 54.6 Å². The highest BCUT2D eigenvalue weighted by Crippen LogP contribution is 2.36. The maximum atomic E-state index is 13.3. The highest BCUT2D eigenvalue weighted by atomic mass is 16.6. The van der Waals surface area contributed by atoms with Gasteiger partial charge in [-0.2, -0.15) is 5.10 Å². The Balaban J connectivity index is 1.34. The van der Waals surface area contributed by atoms with E-state index >= 15 is 0 Å². The van der Waals surface area contributed by atoms with Gasteiger partial charge in [-0.1, -0.05) is 24.3 Å². The fourth-order valence-corrected chi connectivity index (χ4v) is 4.07. The number of nitrogens with zero attached hydrogens (tertiary/aromatic N) is 3. The zero-order valence-electron chi connectivity index (χ0n) is 18.7. The average molecular weight is 461 g/mol. The minimum absolute atomic E-state index is 0.402. The third kappa shape index (κ3) is 3.72. The van der Waals surface area contributed by atoms with Gasteiger partial charge in [0.2, 0.25) is 5.91 Å². The van der Waals surface area contributed by atoms with Gasteiger partial charge in [0, 0.05) is 6.07 Å². The summed E-state index contributed by atoms with van der Waals surface area (Å²) in [5.41, 5.74) is 0.679. The van der Waals surface area contributed by atoms with Crippen molar-refractivity contribution in [1.82, 2.24) is 20.0 Å². The summed E-state index contributed by atoms with van der Waals surface area (Å²) < 4.78 is 12.7. The van der Waals surface area contributed by atoms with Crippen LogP contribution in [0.3, 0.4) is 0 Å². The molecular weight excluding hydrogens is 438 g/mol. The minimum atomic E-state index is -1.34. The van der Waals surface area contributed by atoms with Crippen molar-refractivity contribution in [3.63, 3.8) is 0 Å². The quantitative estimate of drug-likeness (QED) is 0.564. The van der Waals surface area contributed by atoms with Crippen LogP contribution in [0.25, 0.3) is 5.69 Å². The maximum absolute atomic E-state index is 13.3. The van der Waals surface area contributed by atoms with E-state index in [9.17, 15) is 14.4 Å². The van der Waals surface area contributed by atoms with E-state index in [0.29, 0.717) is 41.8 Å². The molecule has 0 saturated carbocycles. The van der Waals surface area contributed by atoms with E-state index in [0.717, 1.165) is 10.6 Å². The van der Waals surface area contributed by atoms with Crippen LogP contribution in [0.5, 0.6) is 11.5 Å². The minimum Gasteiger partial charge on any atom is -0.486 e. The Morgan fingerprint density at radius 3 is 2.59 bits per heavy atom. The molecule has 174 valence electrons. The van der Waals surface area contributed by atoms with Crippen molar-refractivity contribution in [3.05, 3.63) is 65.9 Å². The number of aryl methyl sites for hydroxylation is 1. The molecule has 3 heterocycles. The number of fused-ring (bicyclic) bond motifs is 1. The number of rotatable bonds is 5. The average Bonchev–Trinajstić information content (AvgIpc) is 3.31. The molecule has 1 atom stereocenters. The molecule has 3 aromatic rings. The summed E-state index contributed by atoms with van der Waals surface area (Å²) in [5, 5.41) is 9.88. The Bertz CT molecular complexity index is 1290. The van der Waals surface area contributed by atoms with E-state index in [-0.39, 0.29) is 0 Å². The number of amides is 4. The number of imide groups is 1. The topological polar surface area (TPSA) is 115 Å². The summed E-state index contributed by atoms with van der Waals surface area (Å²) in [6, 6.07) is 15.5. The van der Waals surface area contributed by atoms with Crippen LogP contribution in [-0.2, 0) is 15.1 Å². The first kappa shape index (κ1) is 21.5. The number of para-hydroxylation sites is 1. The number of hydrogen-bond donors (Lipinski definition) is 2. The van der Waals surface area contributed by atoms with E-state index in [1.54, 1.807) is 35.9 Å². The molecule has 10 heteroatoms. The molecule has 10 nitrogen and oxygen atoms in total. The summed E-state index contributed by atoms with van der Waals surface area (Å²) in [7, 11) is 0. The van der Waals surface area contributed by atoms with Crippen LogP contribution < -0.4 is 20.1 Å². The van der Waals surface area contributed by atoms with Gasteiger partial charge >= 0.3 is 6.03 Å². The zero-order chi connectivity index (χ0) is 23.9. The summed E-state index contributed by atoms with van der Waals surface area (Å²) in [4.78, 5) is 39.7. The maximum Gasteiger partial charge on any atom is 0.325 e. The van der Waals surface area contributed by atoms with Gasteiger partial charge in [-0.05, 0) is 43.7 Å². The number of urea groups is 1. The van der Waals surface area contributed by atoms with Gasteiger partial charge in [-0.25, -0.2) is 9.48 Å². The molecule has 1 unspecified atom stereocenters. The van der Waals surface area contributed by atoms with E-state index in [1.807, 2.05) is 37.3 Å². The Kier molecular flexibility index (Phi) is 5.20. The van der Waals surface area contributed by atoms with Crippen LogP contribution in [-0.4, -0.2) is 52.3 Å². The molecule has 1 aromatic heterocycles. The first-order chi connectivity index (χ1) is 16.3. The summed E-state index contributed by atoms with van der Waals surface area (Å²) in [6.45, 7) is 3.82. The third-order valence-corrected chi connectivity index (χ3v) is 5.80. The van der Waals surface area contributed by atoms with Gasteiger partial charge in [0.25, 0.3) is 5.91 Å². The molecule has 0 radical (unpaired) electrons.